The van der Waals surface area contributed by atoms with Crippen molar-refractivity contribution >= 4 is 0 Å². The fourth-order valence-corrected chi connectivity index (χ4v) is 1.98. The van der Waals surface area contributed by atoms with Crippen molar-refractivity contribution < 1.29 is 4.74 Å². The highest BCUT2D eigenvalue weighted by Crippen LogP contribution is 2.08. The second-order valence-electron chi connectivity index (χ2n) is 4.54. The molecule has 1 N–H and O–H groups in total. The molecule has 0 fully saturated rings. The first-order valence-corrected chi connectivity index (χ1v) is 6.76. The van der Waals surface area contributed by atoms with E-state index >= 15 is 0 Å². The van der Waals surface area contributed by atoms with Crippen LogP contribution in [0.3, 0.4) is 0 Å². The number of hydrogen-bond donors (Lipinski definition) is 1. The maximum Gasteiger partial charge on any atom is 0.266 e. The van der Waals surface area contributed by atoms with Gasteiger partial charge in [-0.25, -0.2) is 0 Å². The lowest BCUT2D eigenvalue weighted by Gasteiger charge is -2.06. The van der Waals surface area contributed by atoms with Crippen molar-refractivity contribution in [2.75, 3.05) is 6.61 Å². The Morgan fingerprint density at radius 3 is 2.79 bits per heavy atom. The van der Waals surface area contributed by atoms with Crippen molar-refractivity contribution in [3.05, 3.63) is 52.4 Å². The lowest BCUT2D eigenvalue weighted by molar-refractivity contribution is 0.297. The van der Waals surface area contributed by atoms with Crippen LogP contribution < -0.4 is 10.3 Å². The maximum atomic E-state index is 11.7. The van der Waals surface area contributed by atoms with Crippen LogP contribution in [0, 0.1) is 0 Å². The summed E-state index contributed by atoms with van der Waals surface area (Å²) < 4.78 is 7.24. The van der Waals surface area contributed by atoms with Gasteiger partial charge in [0, 0.05) is 24.7 Å². The molecule has 4 heteroatoms. The zero-order valence-corrected chi connectivity index (χ0v) is 11.3. The summed E-state index contributed by atoms with van der Waals surface area (Å²) in [5.74, 6) is 0.869. The molecule has 0 aliphatic heterocycles. The van der Waals surface area contributed by atoms with Gasteiger partial charge in [0.25, 0.3) is 5.56 Å². The Bertz CT molecular complexity index is 543. The SMILES string of the molecule is CCCc1cc(=O)n(CCCOc2ccccc2)[nH]1. The molecule has 0 aliphatic rings. The average Bonchev–Trinajstić information content (AvgIpc) is 2.77. The predicted octanol–water partition coefficient (Wildman–Crippen LogP) is 2.60. The topological polar surface area (TPSA) is 47.0 Å². The van der Waals surface area contributed by atoms with Crippen LogP contribution >= 0.6 is 0 Å². The summed E-state index contributed by atoms with van der Waals surface area (Å²) in [4.78, 5) is 11.7. The Labute approximate surface area is 113 Å². The summed E-state index contributed by atoms with van der Waals surface area (Å²) in [5.41, 5.74) is 1.06. The number of aryl methyl sites for hydroxylation is 2. The number of aromatic nitrogens is 2. The van der Waals surface area contributed by atoms with Crippen LogP contribution in [-0.2, 0) is 13.0 Å². The number of nitrogens with zero attached hydrogens (tertiary/aromatic N) is 1. The molecule has 4 nitrogen and oxygen atoms in total. The molecule has 0 unspecified atom stereocenters. The van der Waals surface area contributed by atoms with Crippen LogP contribution in [0.5, 0.6) is 5.75 Å². The van der Waals surface area contributed by atoms with Gasteiger partial charge in [-0.1, -0.05) is 31.5 Å². The summed E-state index contributed by atoms with van der Waals surface area (Å²) in [6.45, 7) is 3.37. The first-order valence-electron chi connectivity index (χ1n) is 6.76. The Morgan fingerprint density at radius 2 is 2.05 bits per heavy atom. The second-order valence-corrected chi connectivity index (χ2v) is 4.54. The van der Waals surface area contributed by atoms with Crippen molar-refractivity contribution in [3.63, 3.8) is 0 Å². The molecule has 2 aromatic rings. The molecule has 1 heterocycles. The first-order chi connectivity index (χ1) is 9.29. The number of aromatic amines is 1. The van der Waals surface area contributed by atoms with Crippen molar-refractivity contribution in [1.29, 1.82) is 0 Å². The monoisotopic (exact) mass is 260 g/mol. The molecular weight excluding hydrogens is 240 g/mol. The van der Waals surface area contributed by atoms with E-state index in [1.54, 1.807) is 10.7 Å². The number of hydrogen-bond acceptors (Lipinski definition) is 2. The summed E-state index contributed by atoms with van der Waals surface area (Å²) in [6.07, 6.45) is 2.76. The zero-order valence-electron chi connectivity index (χ0n) is 11.3. The van der Waals surface area contributed by atoms with Crippen LogP contribution in [0.4, 0.5) is 0 Å². The van der Waals surface area contributed by atoms with Crippen LogP contribution in [-0.4, -0.2) is 16.4 Å². The van der Waals surface area contributed by atoms with Gasteiger partial charge in [0.2, 0.25) is 0 Å². The largest absolute Gasteiger partial charge is 0.494 e. The number of benzene rings is 1. The predicted molar refractivity (Wildman–Crippen MR) is 75.6 cm³/mol. The second kappa shape index (κ2) is 6.83. The highest BCUT2D eigenvalue weighted by molar-refractivity contribution is 5.20. The van der Waals surface area contributed by atoms with E-state index in [-0.39, 0.29) is 5.56 Å². The molecule has 2 rings (SSSR count). The van der Waals surface area contributed by atoms with Gasteiger partial charge in [-0.2, -0.15) is 0 Å². The van der Waals surface area contributed by atoms with Gasteiger partial charge in [0.1, 0.15) is 5.75 Å². The van der Waals surface area contributed by atoms with E-state index in [1.165, 1.54) is 0 Å². The molecule has 0 atom stereocenters. The quantitative estimate of drug-likeness (QED) is 0.778. The van der Waals surface area contributed by atoms with Crippen LogP contribution in [0.1, 0.15) is 25.5 Å². The van der Waals surface area contributed by atoms with Gasteiger partial charge in [-0.05, 0) is 18.6 Å². The minimum Gasteiger partial charge on any atom is -0.494 e. The van der Waals surface area contributed by atoms with E-state index in [4.69, 9.17) is 4.74 Å². The summed E-state index contributed by atoms with van der Waals surface area (Å²) in [5, 5.41) is 3.13. The van der Waals surface area contributed by atoms with Crippen molar-refractivity contribution in [1.82, 2.24) is 9.78 Å². The average molecular weight is 260 g/mol. The smallest absolute Gasteiger partial charge is 0.266 e. The normalized spacial score (nSPS) is 10.6. The fourth-order valence-electron chi connectivity index (χ4n) is 1.98. The standard InChI is InChI=1S/C15H20N2O2/c1-2-7-13-12-15(18)17(16-13)10-6-11-19-14-8-4-3-5-9-14/h3-5,8-9,12,16H,2,6-7,10-11H2,1H3. The molecule has 0 saturated carbocycles. The Kier molecular flexibility index (Phi) is 4.84. The summed E-state index contributed by atoms with van der Waals surface area (Å²) >= 11 is 0. The first kappa shape index (κ1) is 13.5. The minimum atomic E-state index is 0.0446. The van der Waals surface area contributed by atoms with E-state index in [0.29, 0.717) is 13.2 Å². The number of nitrogens with one attached hydrogen (secondary N) is 1. The Hall–Kier alpha value is -1.97. The molecule has 0 aliphatic carbocycles. The van der Waals surface area contributed by atoms with Gasteiger partial charge in [0.15, 0.2) is 0 Å². The minimum absolute atomic E-state index is 0.0446. The number of para-hydroxylation sites is 1. The molecular formula is C15H20N2O2. The van der Waals surface area contributed by atoms with Gasteiger partial charge in [-0.3, -0.25) is 14.6 Å². The van der Waals surface area contributed by atoms with Gasteiger partial charge in [0.05, 0.1) is 6.61 Å². The van der Waals surface area contributed by atoms with E-state index < -0.39 is 0 Å². The lowest BCUT2D eigenvalue weighted by Crippen LogP contribution is -2.17. The van der Waals surface area contributed by atoms with Gasteiger partial charge < -0.3 is 4.74 Å². The van der Waals surface area contributed by atoms with E-state index in [9.17, 15) is 4.79 Å². The third-order valence-corrected chi connectivity index (χ3v) is 2.90. The van der Waals surface area contributed by atoms with E-state index in [1.807, 2.05) is 30.3 Å². The highest BCUT2D eigenvalue weighted by Gasteiger charge is 2.02. The van der Waals surface area contributed by atoms with Crippen molar-refractivity contribution in [2.24, 2.45) is 0 Å². The molecule has 1 aromatic carbocycles. The van der Waals surface area contributed by atoms with E-state index in [0.717, 1.165) is 30.7 Å². The molecule has 0 saturated heterocycles. The van der Waals surface area contributed by atoms with Crippen LogP contribution in [0.25, 0.3) is 0 Å². The Balaban J connectivity index is 1.78. The molecule has 0 amide bonds. The highest BCUT2D eigenvalue weighted by atomic mass is 16.5. The zero-order chi connectivity index (χ0) is 13.5. The summed E-state index contributed by atoms with van der Waals surface area (Å²) in [6, 6.07) is 11.4. The molecule has 0 radical (unpaired) electrons. The Morgan fingerprint density at radius 1 is 1.26 bits per heavy atom. The third-order valence-electron chi connectivity index (χ3n) is 2.90. The van der Waals surface area contributed by atoms with Crippen LogP contribution in [0.2, 0.25) is 0 Å². The molecule has 102 valence electrons. The molecule has 19 heavy (non-hydrogen) atoms. The van der Waals surface area contributed by atoms with Crippen molar-refractivity contribution in [3.8, 4) is 5.75 Å². The third kappa shape index (κ3) is 4.02. The van der Waals surface area contributed by atoms with Crippen molar-refractivity contribution in [2.45, 2.75) is 32.7 Å². The fraction of sp³-hybridized carbons (Fsp3) is 0.400. The van der Waals surface area contributed by atoms with E-state index in [2.05, 4.69) is 12.0 Å². The summed E-state index contributed by atoms with van der Waals surface area (Å²) in [7, 11) is 0. The van der Waals surface area contributed by atoms with Crippen LogP contribution in [0.15, 0.2) is 41.2 Å². The molecule has 0 spiro atoms. The number of rotatable bonds is 7. The number of H-pyrrole nitrogens is 1. The maximum absolute atomic E-state index is 11.7. The van der Waals surface area contributed by atoms with Gasteiger partial charge in [-0.15, -0.1) is 0 Å². The number of ether oxygens (including phenoxy) is 1. The van der Waals surface area contributed by atoms with Gasteiger partial charge >= 0.3 is 0 Å². The molecule has 1 aromatic heterocycles. The molecule has 0 bridgehead atoms. The lowest BCUT2D eigenvalue weighted by atomic mass is 10.3.